The molecule has 1 aromatic heterocycles. The summed E-state index contributed by atoms with van der Waals surface area (Å²) in [5, 5.41) is 11.5. The molecule has 1 atom stereocenters. The fourth-order valence-electron chi connectivity index (χ4n) is 2.84. The highest BCUT2D eigenvalue weighted by Gasteiger charge is 2.36. The summed E-state index contributed by atoms with van der Waals surface area (Å²) in [6.45, 7) is 2.42. The molecule has 2 aromatic rings. The minimum absolute atomic E-state index is 0.0199. The number of pyridine rings is 1. The SMILES string of the molecule is Cc1ccc(CN2C(=O)CC[C@H]2C(=O)Nc2ccc(C#N)cn2)cc1. The van der Waals surface area contributed by atoms with Gasteiger partial charge in [0.2, 0.25) is 11.8 Å². The summed E-state index contributed by atoms with van der Waals surface area (Å²) < 4.78 is 0. The second-order valence-corrected chi connectivity index (χ2v) is 6.09. The Balaban J connectivity index is 1.70. The Labute approximate surface area is 146 Å². The number of nitriles is 1. The van der Waals surface area contributed by atoms with E-state index in [0.717, 1.165) is 11.1 Å². The first kappa shape index (κ1) is 16.7. The number of hydrogen-bond donors (Lipinski definition) is 1. The van der Waals surface area contributed by atoms with Crippen molar-refractivity contribution in [3.63, 3.8) is 0 Å². The van der Waals surface area contributed by atoms with Gasteiger partial charge in [-0.1, -0.05) is 29.8 Å². The van der Waals surface area contributed by atoms with Gasteiger partial charge in [0, 0.05) is 19.2 Å². The lowest BCUT2D eigenvalue weighted by atomic mass is 10.1. The van der Waals surface area contributed by atoms with E-state index in [1.807, 2.05) is 37.3 Å². The molecule has 1 N–H and O–H groups in total. The summed E-state index contributed by atoms with van der Waals surface area (Å²) in [4.78, 5) is 30.4. The molecule has 0 saturated carbocycles. The molecule has 25 heavy (non-hydrogen) atoms. The van der Waals surface area contributed by atoms with Crippen LogP contribution in [0, 0.1) is 18.3 Å². The van der Waals surface area contributed by atoms with Crippen LogP contribution in [0.15, 0.2) is 42.6 Å². The first-order chi connectivity index (χ1) is 12.1. The average Bonchev–Trinajstić information content (AvgIpc) is 2.98. The van der Waals surface area contributed by atoms with Gasteiger partial charge < -0.3 is 10.2 Å². The number of carbonyl (C=O) groups is 2. The molecule has 3 rings (SSSR count). The van der Waals surface area contributed by atoms with Crippen LogP contribution in [0.1, 0.15) is 29.5 Å². The van der Waals surface area contributed by atoms with Gasteiger partial charge in [-0.05, 0) is 31.0 Å². The normalized spacial score (nSPS) is 16.6. The Morgan fingerprint density at radius 2 is 2.08 bits per heavy atom. The molecular weight excluding hydrogens is 316 g/mol. The molecule has 1 saturated heterocycles. The van der Waals surface area contributed by atoms with Gasteiger partial charge >= 0.3 is 0 Å². The molecule has 1 fully saturated rings. The van der Waals surface area contributed by atoms with Crippen LogP contribution in [0.2, 0.25) is 0 Å². The third-order valence-electron chi connectivity index (χ3n) is 4.25. The van der Waals surface area contributed by atoms with E-state index in [0.29, 0.717) is 30.8 Å². The number of amides is 2. The van der Waals surface area contributed by atoms with Gasteiger partial charge in [-0.3, -0.25) is 9.59 Å². The van der Waals surface area contributed by atoms with E-state index in [1.165, 1.54) is 6.20 Å². The predicted molar refractivity (Wildman–Crippen MR) is 92.3 cm³/mol. The molecule has 6 heteroatoms. The predicted octanol–water partition coefficient (Wildman–Crippen LogP) is 2.39. The third kappa shape index (κ3) is 3.83. The average molecular weight is 334 g/mol. The molecule has 0 unspecified atom stereocenters. The maximum Gasteiger partial charge on any atom is 0.248 e. The number of anilines is 1. The Morgan fingerprint density at radius 3 is 2.72 bits per heavy atom. The number of benzene rings is 1. The van der Waals surface area contributed by atoms with E-state index in [9.17, 15) is 9.59 Å². The highest BCUT2D eigenvalue weighted by atomic mass is 16.2. The zero-order valence-electron chi connectivity index (χ0n) is 13.9. The quantitative estimate of drug-likeness (QED) is 0.930. The smallest absolute Gasteiger partial charge is 0.248 e. The lowest BCUT2D eigenvalue weighted by Gasteiger charge is -2.24. The van der Waals surface area contributed by atoms with Crippen molar-refractivity contribution >= 4 is 17.6 Å². The van der Waals surface area contributed by atoms with Crippen molar-refractivity contribution in [1.29, 1.82) is 5.26 Å². The van der Waals surface area contributed by atoms with Crippen LogP contribution in [0.3, 0.4) is 0 Å². The summed E-state index contributed by atoms with van der Waals surface area (Å²) >= 11 is 0. The number of nitrogens with one attached hydrogen (secondary N) is 1. The van der Waals surface area contributed by atoms with Gasteiger partial charge in [0.1, 0.15) is 17.9 Å². The van der Waals surface area contributed by atoms with Crippen LogP contribution in [0.25, 0.3) is 0 Å². The van der Waals surface area contributed by atoms with E-state index in [-0.39, 0.29) is 11.8 Å². The molecule has 0 radical (unpaired) electrons. The van der Waals surface area contributed by atoms with Gasteiger partial charge in [0.05, 0.1) is 5.56 Å². The molecule has 2 heterocycles. The van der Waals surface area contributed by atoms with E-state index < -0.39 is 6.04 Å². The summed E-state index contributed by atoms with van der Waals surface area (Å²) in [5.74, 6) is 0.0994. The fraction of sp³-hybridized carbons (Fsp3) is 0.263. The number of likely N-dealkylation sites (tertiary alicyclic amines) is 1. The number of hydrogen-bond acceptors (Lipinski definition) is 4. The van der Waals surface area contributed by atoms with Crippen LogP contribution < -0.4 is 5.32 Å². The largest absolute Gasteiger partial charge is 0.326 e. The standard InChI is InChI=1S/C19H18N4O2/c1-13-2-4-14(5-3-13)12-23-16(7-9-18(23)24)19(25)22-17-8-6-15(10-20)11-21-17/h2-6,8,11,16H,7,9,12H2,1H3,(H,21,22,25)/t16-/m0/s1. The van der Waals surface area contributed by atoms with E-state index >= 15 is 0 Å². The van der Waals surface area contributed by atoms with Gasteiger partial charge in [-0.2, -0.15) is 5.26 Å². The Hall–Kier alpha value is -3.20. The lowest BCUT2D eigenvalue weighted by molar-refractivity contribution is -0.133. The minimum atomic E-state index is -0.508. The first-order valence-corrected chi connectivity index (χ1v) is 8.09. The minimum Gasteiger partial charge on any atom is -0.326 e. The highest BCUT2D eigenvalue weighted by molar-refractivity contribution is 5.98. The molecule has 0 bridgehead atoms. The molecule has 2 amide bonds. The second-order valence-electron chi connectivity index (χ2n) is 6.09. The molecule has 1 aliphatic heterocycles. The van der Waals surface area contributed by atoms with Crippen molar-refractivity contribution in [2.75, 3.05) is 5.32 Å². The number of aryl methyl sites for hydroxylation is 1. The molecular formula is C19H18N4O2. The lowest BCUT2D eigenvalue weighted by Crippen LogP contribution is -2.41. The van der Waals surface area contributed by atoms with Crippen LogP contribution in [0.5, 0.6) is 0 Å². The zero-order valence-corrected chi connectivity index (χ0v) is 13.9. The molecule has 0 aliphatic carbocycles. The van der Waals surface area contributed by atoms with Crippen molar-refractivity contribution in [2.45, 2.75) is 32.4 Å². The summed E-state index contributed by atoms with van der Waals surface area (Å²) in [6.07, 6.45) is 2.26. The number of nitrogens with zero attached hydrogens (tertiary/aromatic N) is 3. The van der Waals surface area contributed by atoms with Crippen molar-refractivity contribution in [3.8, 4) is 6.07 Å². The van der Waals surface area contributed by atoms with E-state index in [4.69, 9.17) is 5.26 Å². The number of carbonyl (C=O) groups excluding carboxylic acids is 2. The van der Waals surface area contributed by atoms with E-state index in [2.05, 4.69) is 10.3 Å². The second kappa shape index (κ2) is 7.14. The number of rotatable bonds is 4. The van der Waals surface area contributed by atoms with Crippen LogP contribution in [-0.4, -0.2) is 27.7 Å². The van der Waals surface area contributed by atoms with Crippen molar-refractivity contribution < 1.29 is 9.59 Å². The van der Waals surface area contributed by atoms with Crippen LogP contribution >= 0.6 is 0 Å². The Bertz CT molecular complexity index is 822. The Kier molecular flexibility index (Phi) is 4.75. The highest BCUT2D eigenvalue weighted by Crippen LogP contribution is 2.23. The molecule has 1 aliphatic rings. The van der Waals surface area contributed by atoms with Gasteiger partial charge in [-0.15, -0.1) is 0 Å². The zero-order chi connectivity index (χ0) is 17.8. The van der Waals surface area contributed by atoms with Crippen LogP contribution in [0.4, 0.5) is 5.82 Å². The van der Waals surface area contributed by atoms with E-state index in [1.54, 1.807) is 17.0 Å². The van der Waals surface area contributed by atoms with Gasteiger partial charge in [0.25, 0.3) is 0 Å². The maximum absolute atomic E-state index is 12.6. The molecule has 0 spiro atoms. The molecule has 126 valence electrons. The third-order valence-corrected chi connectivity index (χ3v) is 4.25. The van der Waals surface area contributed by atoms with Gasteiger partial charge in [-0.25, -0.2) is 4.98 Å². The topological polar surface area (TPSA) is 86.1 Å². The van der Waals surface area contributed by atoms with Crippen molar-refractivity contribution in [1.82, 2.24) is 9.88 Å². The molecule has 1 aromatic carbocycles. The monoisotopic (exact) mass is 334 g/mol. The Morgan fingerprint density at radius 1 is 1.32 bits per heavy atom. The van der Waals surface area contributed by atoms with Crippen molar-refractivity contribution in [3.05, 3.63) is 59.3 Å². The first-order valence-electron chi connectivity index (χ1n) is 8.09. The summed E-state index contributed by atoms with van der Waals surface area (Å²) in [5.41, 5.74) is 2.57. The maximum atomic E-state index is 12.6. The van der Waals surface area contributed by atoms with Crippen LogP contribution in [-0.2, 0) is 16.1 Å². The summed E-state index contributed by atoms with van der Waals surface area (Å²) in [6, 6.07) is 12.6. The number of aromatic nitrogens is 1. The fourth-order valence-corrected chi connectivity index (χ4v) is 2.84. The van der Waals surface area contributed by atoms with Gasteiger partial charge in [0.15, 0.2) is 0 Å². The molecule has 6 nitrogen and oxygen atoms in total. The van der Waals surface area contributed by atoms with Crippen molar-refractivity contribution in [2.24, 2.45) is 0 Å². The summed E-state index contributed by atoms with van der Waals surface area (Å²) in [7, 11) is 0.